The lowest BCUT2D eigenvalue weighted by Gasteiger charge is -2.27. The van der Waals surface area contributed by atoms with Crippen LogP contribution in [0.25, 0.3) is 0 Å². The quantitative estimate of drug-likeness (QED) is 0.781. The van der Waals surface area contributed by atoms with Crippen LogP contribution in [0.5, 0.6) is 5.75 Å². The minimum atomic E-state index is -0.880. The number of aliphatic carboxylic acids is 1. The molecule has 1 fully saturated rings. The fraction of sp³-hybridized carbons (Fsp3) is 0.467. The van der Waals surface area contributed by atoms with E-state index in [1.165, 1.54) is 6.07 Å². The van der Waals surface area contributed by atoms with Crippen LogP contribution in [0.15, 0.2) is 24.3 Å². The molecular formula is C15H19NO4. The first-order valence-electron chi connectivity index (χ1n) is 6.72. The van der Waals surface area contributed by atoms with Crippen LogP contribution in [0.2, 0.25) is 0 Å². The molecule has 5 heteroatoms. The van der Waals surface area contributed by atoms with Crippen molar-refractivity contribution in [3.8, 4) is 5.75 Å². The maximum absolute atomic E-state index is 12.0. The lowest BCUT2D eigenvalue weighted by Crippen LogP contribution is -2.47. The fourth-order valence-corrected chi connectivity index (χ4v) is 2.75. The summed E-state index contributed by atoms with van der Waals surface area (Å²) >= 11 is 0. The van der Waals surface area contributed by atoms with Crippen LogP contribution in [0.4, 0.5) is 0 Å². The van der Waals surface area contributed by atoms with E-state index in [0.717, 1.165) is 6.42 Å². The summed E-state index contributed by atoms with van der Waals surface area (Å²) in [5.74, 6) is -0.959. The van der Waals surface area contributed by atoms with E-state index in [1.807, 2.05) is 0 Å². The number of carboxylic acid groups (broad SMARTS) is 1. The number of hydrogen-bond donors (Lipinski definition) is 3. The van der Waals surface area contributed by atoms with Crippen LogP contribution < -0.4 is 5.32 Å². The summed E-state index contributed by atoms with van der Waals surface area (Å²) in [6.45, 7) is 1.68. The highest BCUT2D eigenvalue weighted by Crippen LogP contribution is 2.38. The number of carboxylic acids is 1. The highest BCUT2D eigenvalue weighted by atomic mass is 16.4. The van der Waals surface area contributed by atoms with Crippen molar-refractivity contribution < 1.29 is 19.8 Å². The Labute approximate surface area is 117 Å². The van der Waals surface area contributed by atoms with Crippen molar-refractivity contribution in [2.24, 2.45) is 5.41 Å². The molecule has 0 saturated heterocycles. The van der Waals surface area contributed by atoms with Gasteiger partial charge in [0.2, 0.25) is 5.91 Å². The average Bonchev–Trinajstić information content (AvgIpc) is 2.72. The standard InChI is InChI=1S/C15H19NO4/c1-15(14(19)20)7-3-6-12(15)16-13(18)9-10-4-2-5-11(17)8-10/h2,4-5,8,12,17H,3,6-7,9H2,1H3,(H,16,18)(H,19,20). The van der Waals surface area contributed by atoms with Gasteiger partial charge < -0.3 is 15.5 Å². The summed E-state index contributed by atoms with van der Waals surface area (Å²) in [6, 6.07) is 6.17. The third-order valence-electron chi connectivity index (χ3n) is 4.06. The molecule has 1 aromatic rings. The van der Waals surface area contributed by atoms with Gasteiger partial charge in [0, 0.05) is 6.04 Å². The van der Waals surface area contributed by atoms with E-state index in [9.17, 15) is 19.8 Å². The van der Waals surface area contributed by atoms with Gasteiger partial charge >= 0.3 is 5.97 Å². The van der Waals surface area contributed by atoms with Gasteiger partial charge in [-0.15, -0.1) is 0 Å². The van der Waals surface area contributed by atoms with Gasteiger partial charge in [0.15, 0.2) is 0 Å². The van der Waals surface area contributed by atoms with E-state index in [4.69, 9.17) is 0 Å². The molecule has 2 rings (SSSR count). The number of hydrogen-bond acceptors (Lipinski definition) is 3. The normalized spacial score (nSPS) is 25.4. The van der Waals surface area contributed by atoms with Crippen molar-refractivity contribution in [1.29, 1.82) is 0 Å². The predicted octanol–water partition coefficient (Wildman–Crippen LogP) is 1.69. The van der Waals surface area contributed by atoms with Gasteiger partial charge in [0.1, 0.15) is 5.75 Å². The zero-order valence-electron chi connectivity index (χ0n) is 11.4. The van der Waals surface area contributed by atoms with E-state index in [0.29, 0.717) is 18.4 Å². The Balaban J connectivity index is 2.00. The molecule has 2 unspecified atom stereocenters. The van der Waals surface area contributed by atoms with E-state index < -0.39 is 11.4 Å². The van der Waals surface area contributed by atoms with Crippen LogP contribution in [-0.2, 0) is 16.0 Å². The molecular weight excluding hydrogens is 258 g/mol. The van der Waals surface area contributed by atoms with E-state index in [2.05, 4.69) is 5.32 Å². The second-order valence-corrected chi connectivity index (χ2v) is 5.58. The van der Waals surface area contributed by atoms with Crippen LogP contribution in [0, 0.1) is 5.41 Å². The smallest absolute Gasteiger partial charge is 0.311 e. The fourth-order valence-electron chi connectivity index (χ4n) is 2.75. The number of benzene rings is 1. The number of carbonyl (C=O) groups excluding carboxylic acids is 1. The van der Waals surface area contributed by atoms with Gasteiger partial charge in [-0.1, -0.05) is 18.6 Å². The minimum absolute atomic E-state index is 0.117. The Morgan fingerprint density at radius 2 is 2.20 bits per heavy atom. The Morgan fingerprint density at radius 1 is 1.45 bits per heavy atom. The van der Waals surface area contributed by atoms with Gasteiger partial charge in [0.25, 0.3) is 0 Å². The van der Waals surface area contributed by atoms with E-state index >= 15 is 0 Å². The molecule has 1 saturated carbocycles. The number of aromatic hydroxyl groups is 1. The summed E-state index contributed by atoms with van der Waals surface area (Å²) in [7, 11) is 0. The number of rotatable bonds is 4. The van der Waals surface area contributed by atoms with E-state index in [-0.39, 0.29) is 24.1 Å². The molecule has 0 radical (unpaired) electrons. The lowest BCUT2D eigenvalue weighted by molar-refractivity contribution is -0.149. The summed E-state index contributed by atoms with van der Waals surface area (Å²) < 4.78 is 0. The Morgan fingerprint density at radius 3 is 2.85 bits per heavy atom. The monoisotopic (exact) mass is 277 g/mol. The highest BCUT2D eigenvalue weighted by Gasteiger charge is 2.45. The predicted molar refractivity (Wildman–Crippen MR) is 73.3 cm³/mol. The van der Waals surface area contributed by atoms with Crippen molar-refractivity contribution in [1.82, 2.24) is 5.32 Å². The van der Waals surface area contributed by atoms with Crippen LogP contribution in [0.3, 0.4) is 0 Å². The number of nitrogens with one attached hydrogen (secondary N) is 1. The Hall–Kier alpha value is -2.04. The third-order valence-corrected chi connectivity index (χ3v) is 4.06. The molecule has 0 aliphatic heterocycles. The molecule has 1 amide bonds. The Bertz CT molecular complexity index is 528. The molecule has 108 valence electrons. The Kier molecular flexibility index (Phi) is 3.97. The largest absolute Gasteiger partial charge is 0.508 e. The molecule has 3 N–H and O–H groups in total. The summed E-state index contributed by atoms with van der Waals surface area (Å²) in [6.07, 6.45) is 2.22. The van der Waals surface area contributed by atoms with Crippen LogP contribution >= 0.6 is 0 Å². The zero-order chi connectivity index (χ0) is 14.8. The first-order valence-corrected chi connectivity index (χ1v) is 6.72. The topological polar surface area (TPSA) is 86.6 Å². The van der Waals surface area contributed by atoms with Gasteiger partial charge in [-0.2, -0.15) is 0 Å². The van der Waals surface area contributed by atoms with Crippen molar-refractivity contribution >= 4 is 11.9 Å². The molecule has 0 bridgehead atoms. The number of phenolic OH excluding ortho intramolecular Hbond substituents is 1. The van der Waals surface area contributed by atoms with Gasteiger partial charge in [-0.25, -0.2) is 0 Å². The third kappa shape index (κ3) is 2.92. The molecule has 20 heavy (non-hydrogen) atoms. The molecule has 2 atom stereocenters. The molecule has 0 aromatic heterocycles. The summed E-state index contributed by atoms with van der Waals surface area (Å²) in [5, 5.41) is 21.5. The molecule has 5 nitrogen and oxygen atoms in total. The van der Waals surface area contributed by atoms with Crippen LogP contribution in [-0.4, -0.2) is 28.1 Å². The minimum Gasteiger partial charge on any atom is -0.508 e. The van der Waals surface area contributed by atoms with Gasteiger partial charge in [-0.05, 0) is 37.5 Å². The molecule has 0 spiro atoms. The molecule has 1 aliphatic rings. The summed E-state index contributed by atoms with van der Waals surface area (Å²) in [4.78, 5) is 23.3. The highest BCUT2D eigenvalue weighted by molar-refractivity contribution is 5.81. The van der Waals surface area contributed by atoms with Gasteiger partial charge in [0.05, 0.1) is 11.8 Å². The summed E-state index contributed by atoms with van der Waals surface area (Å²) in [5.41, 5.74) is -0.174. The molecule has 0 heterocycles. The van der Waals surface area contributed by atoms with Crippen molar-refractivity contribution in [3.63, 3.8) is 0 Å². The van der Waals surface area contributed by atoms with Crippen molar-refractivity contribution in [2.45, 2.75) is 38.6 Å². The zero-order valence-corrected chi connectivity index (χ0v) is 11.4. The SMILES string of the molecule is CC1(C(=O)O)CCCC1NC(=O)Cc1cccc(O)c1. The first kappa shape index (κ1) is 14.4. The number of amides is 1. The van der Waals surface area contributed by atoms with Gasteiger partial charge in [-0.3, -0.25) is 9.59 Å². The molecule has 1 aliphatic carbocycles. The van der Waals surface area contributed by atoms with Crippen molar-refractivity contribution in [3.05, 3.63) is 29.8 Å². The average molecular weight is 277 g/mol. The maximum atomic E-state index is 12.0. The second kappa shape index (κ2) is 5.53. The first-order chi connectivity index (χ1) is 9.41. The van der Waals surface area contributed by atoms with E-state index in [1.54, 1.807) is 25.1 Å². The number of carbonyl (C=O) groups is 2. The second-order valence-electron chi connectivity index (χ2n) is 5.58. The molecule has 1 aromatic carbocycles. The van der Waals surface area contributed by atoms with Crippen LogP contribution in [0.1, 0.15) is 31.7 Å². The lowest BCUT2D eigenvalue weighted by atomic mass is 9.85. The number of phenols is 1. The maximum Gasteiger partial charge on any atom is 0.311 e. The van der Waals surface area contributed by atoms with Crippen molar-refractivity contribution in [2.75, 3.05) is 0 Å².